The van der Waals surface area contributed by atoms with E-state index in [1.807, 2.05) is 13.8 Å². The predicted molar refractivity (Wildman–Crippen MR) is 79.2 cm³/mol. The average molecular weight is 333 g/mol. The van der Waals surface area contributed by atoms with E-state index in [1.54, 1.807) is 18.2 Å². The fourth-order valence-electron chi connectivity index (χ4n) is 1.08. The van der Waals surface area contributed by atoms with E-state index in [1.165, 1.54) is 0 Å². The summed E-state index contributed by atoms with van der Waals surface area (Å²) in [6.45, 7) is 4.00. The molecule has 0 bridgehead atoms. The summed E-state index contributed by atoms with van der Waals surface area (Å²) in [5, 5.41) is 7.57. The average Bonchev–Trinajstić information content (AvgIpc) is 2.34. The minimum absolute atomic E-state index is 0.153. The number of hydrazone groups is 1. The Hall–Kier alpha value is -1.07. The molecule has 0 radical (unpaired) electrons. The molecule has 0 aliphatic rings. The summed E-state index contributed by atoms with van der Waals surface area (Å²) in [6.07, 6.45) is 0.816. The number of nitrogens with zero attached hydrogens (tertiary/aromatic N) is 1. The monoisotopic (exact) mass is 331 g/mol. The number of nitrogens with one attached hydrogen (secondary N) is 2. The second-order valence-corrected chi connectivity index (χ2v) is 5.00. The summed E-state index contributed by atoms with van der Waals surface area (Å²) in [4.78, 5) is 11.5. The largest absolute Gasteiger partial charge is 0.375 e. The molecule has 0 heterocycles. The lowest BCUT2D eigenvalue weighted by molar-refractivity contribution is -0.119. The van der Waals surface area contributed by atoms with Gasteiger partial charge in [-0.3, -0.25) is 4.79 Å². The van der Waals surface area contributed by atoms with Crippen LogP contribution < -0.4 is 10.7 Å². The third kappa shape index (κ3) is 5.06. The first-order valence-electron chi connectivity index (χ1n) is 5.54. The van der Waals surface area contributed by atoms with Crippen LogP contribution >= 0.6 is 27.5 Å². The van der Waals surface area contributed by atoms with Crippen molar-refractivity contribution in [3.8, 4) is 0 Å². The minimum atomic E-state index is -0.190. The number of anilines is 1. The molecule has 0 unspecified atom stereocenters. The van der Waals surface area contributed by atoms with Gasteiger partial charge in [-0.05, 0) is 47.5 Å². The van der Waals surface area contributed by atoms with E-state index in [0.29, 0.717) is 5.02 Å². The molecular weight excluding hydrogens is 318 g/mol. The normalized spacial score (nSPS) is 11.2. The number of carbonyl (C=O) groups excluding carboxylic acids is 1. The Bertz CT molecular complexity index is 463. The topological polar surface area (TPSA) is 53.5 Å². The summed E-state index contributed by atoms with van der Waals surface area (Å²) in [5.41, 5.74) is 4.18. The van der Waals surface area contributed by atoms with Gasteiger partial charge >= 0.3 is 0 Å². The van der Waals surface area contributed by atoms with Gasteiger partial charge in [0, 0.05) is 20.9 Å². The van der Waals surface area contributed by atoms with Crippen molar-refractivity contribution < 1.29 is 4.79 Å². The van der Waals surface area contributed by atoms with Gasteiger partial charge in [-0.15, -0.1) is 0 Å². The van der Waals surface area contributed by atoms with Gasteiger partial charge in [-0.25, -0.2) is 5.43 Å². The first kappa shape index (κ1) is 15.0. The van der Waals surface area contributed by atoms with Gasteiger partial charge in [-0.2, -0.15) is 5.10 Å². The Morgan fingerprint density at radius 3 is 2.83 bits per heavy atom. The molecule has 6 heteroatoms. The molecule has 2 N–H and O–H groups in total. The second kappa shape index (κ2) is 7.38. The quantitative estimate of drug-likeness (QED) is 0.641. The summed E-state index contributed by atoms with van der Waals surface area (Å²) in [6, 6.07) is 5.33. The summed E-state index contributed by atoms with van der Waals surface area (Å²) < 4.78 is 0.816. The molecule has 18 heavy (non-hydrogen) atoms. The first-order chi connectivity index (χ1) is 8.52. The van der Waals surface area contributed by atoms with Crippen LogP contribution in [0.3, 0.4) is 0 Å². The number of hydrogen-bond acceptors (Lipinski definition) is 3. The Labute approximate surface area is 120 Å². The predicted octanol–water partition coefficient (Wildman–Crippen LogP) is 3.42. The van der Waals surface area contributed by atoms with Gasteiger partial charge in [0.15, 0.2) is 0 Å². The van der Waals surface area contributed by atoms with E-state index in [9.17, 15) is 4.79 Å². The third-order valence-corrected chi connectivity index (χ3v) is 3.14. The molecule has 0 saturated heterocycles. The Kier molecular flexibility index (Phi) is 6.15. The molecule has 1 aromatic rings. The van der Waals surface area contributed by atoms with Crippen molar-refractivity contribution in [2.24, 2.45) is 5.10 Å². The lowest BCUT2D eigenvalue weighted by atomic mass is 10.3. The number of hydrogen-bond donors (Lipinski definition) is 2. The van der Waals surface area contributed by atoms with Crippen LogP contribution in [0, 0.1) is 0 Å². The molecule has 0 saturated carbocycles. The van der Waals surface area contributed by atoms with Crippen LogP contribution in [-0.4, -0.2) is 18.2 Å². The van der Waals surface area contributed by atoms with Gasteiger partial charge in [0.2, 0.25) is 0 Å². The zero-order valence-corrected chi connectivity index (χ0v) is 12.6. The SMILES string of the molecule is CC/C(C)=N\NC(=O)CNc1ccc(Cl)cc1Br. The van der Waals surface area contributed by atoms with Crippen molar-refractivity contribution in [3.05, 3.63) is 27.7 Å². The van der Waals surface area contributed by atoms with Crippen LogP contribution in [0.2, 0.25) is 5.02 Å². The minimum Gasteiger partial charge on any atom is -0.375 e. The van der Waals surface area contributed by atoms with Crippen molar-refractivity contribution in [1.29, 1.82) is 0 Å². The van der Waals surface area contributed by atoms with Crippen LogP contribution in [0.1, 0.15) is 20.3 Å². The van der Waals surface area contributed by atoms with Crippen molar-refractivity contribution in [1.82, 2.24) is 5.43 Å². The molecule has 1 amide bonds. The van der Waals surface area contributed by atoms with E-state index in [0.717, 1.165) is 22.3 Å². The Morgan fingerprint density at radius 2 is 2.22 bits per heavy atom. The van der Waals surface area contributed by atoms with Crippen LogP contribution in [0.4, 0.5) is 5.69 Å². The number of rotatable bonds is 5. The van der Waals surface area contributed by atoms with E-state index in [2.05, 4.69) is 31.8 Å². The van der Waals surface area contributed by atoms with Gasteiger partial charge < -0.3 is 5.32 Å². The van der Waals surface area contributed by atoms with Gasteiger partial charge in [0.1, 0.15) is 0 Å². The number of benzene rings is 1. The number of amides is 1. The van der Waals surface area contributed by atoms with E-state index >= 15 is 0 Å². The van der Waals surface area contributed by atoms with E-state index in [-0.39, 0.29) is 12.5 Å². The highest BCUT2D eigenvalue weighted by Gasteiger charge is 2.03. The highest BCUT2D eigenvalue weighted by molar-refractivity contribution is 9.10. The molecule has 1 rings (SSSR count). The highest BCUT2D eigenvalue weighted by Crippen LogP contribution is 2.25. The fourth-order valence-corrected chi connectivity index (χ4v) is 1.91. The molecule has 0 spiro atoms. The molecule has 4 nitrogen and oxygen atoms in total. The Balaban J connectivity index is 2.47. The van der Waals surface area contributed by atoms with Crippen LogP contribution in [0.15, 0.2) is 27.8 Å². The van der Waals surface area contributed by atoms with Crippen LogP contribution in [0.25, 0.3) is 0 Å². The second-order valence-electron chi connectivity index (χ2n) is 3.71. The van der Waals surface area contributed by atoms with Gasteiger partial charge in [-0.1, -0.05) is 18.5 Å². The number of carbonyl (C=O) groups is 1. The first-order valence-corrected chi connectivity index (χ1v) is 6.71. The highest BCUT2D eigenvalue weighted by atomic mass is 79.9. The lowest BCUT2D eigenvalue weighted by Crippen LogP contribution is -2.26. The maximum Gasteiger partial charge on any atom is 0.259 e. The Morgan fingerprint density at radius 1 is 1.50 bits per heavy atom. The number of halogens is 2. The molecule has 0 aliphatic heterocycles. The molecule has 0 aromatic heterocycles. The molecule has 0 fully saturated rings. The molecular formula is C12H15BrClN3O. The molecule has 98 valence electrons. The molecule has 0 aliphatic carbocycles. The van der Waals surface area contributed by atoms with E-state index in [4.69, 9.17) is 11.6 Å². The maximum atomic E-state index is 11.5. The van der Waals surface area contributed by atoms with Gasteiger partial charge in [0.25, 0.3) is 5.91 Å². The van der Waals surface area contributed by atoms with Crippen LogP contribution in [-0.2, 0) is 4.79 Å². The van der Waals surface area contributed by atoms with Gasteiger partial charge in [0.05, 0.1) is 6.54 Å². The lowest BCUT2D eigenvalue weighted by Gasteiger charge is -2.08. The fraction of sp³-hybridized carbons (Fsp3) is 0.333. The molecule has 0 atom stereocenters. The smallest absolute Gasteiger partial charge is 0.259 e. The van der Waals surface area contributed by atoms with Crippen molar-refractivity contribution in [2.75, 3.05) is 11.9 Å². The third-order valence-electron chi connectivity index (χ3n) is 2.25. The maximum absolute atomic E-state index is 11.5. The standard InChI is InChI=1S/C12H15BrClN3O/c1-3-8(2)16-17-12(18)7-15-11-5-4-9(14)6-10(11)13/h4-6,15H,3,7H2,1-2H3,(H,17,18)/b16-8-. The van der Waals surface area contributed by atoms with E-state index < -0.39 is 0 Å². The zero-order chi connectivity index (χ0) is 13.5. The summed E-state index contributed by atoms with van der Waals surface area (Å²) in [7, 11) is 0. The summed E-state index contributed by atoms with van der Waals surface area (Å²) in [5.74, 6) is -0.190. The van der Waals surface area contributed by atoms with Crippen molar-refractivity contribution in [2.45, 2.75) is 20.3 Å². The molecule has 1 aromatic carbocycles. The zero-order valence-electron chi connectivity index (χ0n) is 10.3. The van der Waals surface area contributed by atoms with Crippen molar-refractivity contribution >= 4 is 44.8 Å². The van der Waals surface area contributed by atoms with Crippen LogP contribution in [0.5, 0.6) is 0 Å². The summed E-state index contributed by atoms with van der Waals surface area (Å²) >= 11 is 9.19. The van der Waals surface area contributed by atoms with Crippen molar-refractivity contribution in [3.63, 3.8) is 0 Å².